The van der Waals surface area contributed by atoms with Crippen molar-refractivity contribution in [1.29, 1.82) is 0 Å². The Morgan fingerprint density at radius 3 is 2.37 bits per heavy atom. The number of anilines is 3. The molecule has 2 fully saturated rings. The maximum Gasteiger partial charge on any atom is 0.232 e. The van der Waals surface area contributed by atoms with Crippen LogP contribution in [0.5, 0.6) is 0 Å². The van der Waals surface area contributed by atoms with Gasteiger partial charge in [0.2, 0.25) is 5.95 Å². The smallest absolute Gasteiger partial charge is 0.232 e. The minimum absolute atomic E-state index is 0.479. The van der Waals surface area contributed by atoms with Gasteiger partial charge >= 0.3 is 0 Å². The third-order valence-electron chi connectivity index (χ3n) is 6.69. The van der Waals surface area contributed by atoms with E-state index >= 15 is 0 Å². The van der Waals surface area contributed by atoms with Crippen LogP contribution in [-0.2, 0) is 6.54 Å². The summed E-state index contributed by atoms with van der Waals surface area (Å²) >= 11 is 5.58. The Kier molecular flexibility index (Phi) is 7.18. The molecule has 184 valence electrons. The molecule has 0 spiro atoms. The first-order valence-corrected chi connectivity index (χ1v) is 13.0. The first-order chi connectivity index (χ1) is 17.0. The molecule has 2 atom stereocenters. The van der Waals surface area contributed by atoms with Gasteiger partial charge in [0.15, 0.2) is 5.11 Å². The van der Waals surface area contributed by atoms with Gasteiger partial charge in [0, 0.05) is 37.8 Å². The molecule has 7 nitrogen and oxygen atoms in total. The van der Waals surface area contributed by atoms with Crippen molar-refractivity contribution in [1.82, 2.24) is 15.3 Å². The quantitative estimate of drug-likeness (QED) is 0.451. The van der Waals surface area contributed by atoms with Crippen molar-refractivity contribution in [3.63, 3.8) is 0 Å². The number of thiocarbonyl (C=S) groups is 1. The van der Waals surface area contributed by atoms with E-state index in [2.05, 4.69) is 40.3 Å². The first-order valence-electron chi connectivity index (χ1n) is 12.6. The lowest BCUT2D eigenvalue weighted by Crippen LogP contribution is -2.39. The molecule has 2 aliphatic rings. The molecule has 2 saturated heterocycles. The Bertz CT molecular complexity index is 1130. The van der Waals surface area contributed by atoms with Crippen molar-refractivity contribution in [2.24, 2.45) is 11.8 Å². The maximum absolute atomic E-state index is 5.98. The lowest BCUT2D eigenvalue weighted by atomic mass is 9.92. The molecule has 4 heterocycles. The number of benzene rings is 1. The van der Waals surface area contributed by atoms with Crippen LogP contribution in [0, 0.1) is 11.8 Å². The minimum atomic E-state index is 0.479. The largest absolute Gasteiger partial charge is 0.459 e. The zero-order chi connectivity index (χ0) is 24.2. The summed E-state index contributed by atoms with van der Waals surface area (Å²) < 4.78 is 5.98. The highest BCUT2D eigenvalue weighted by atomic mass is 32.1. The van der Waals surface area contributed by atoms with Gasteiger partial charge in [0.25, 0.3) is 0 Å². The molecule has 0 unspecified atom stereocenters. The summed E-state index contributed by atoms with van der Waals surface area (Å²) in [6.45, 7) is 9.23. The predicted molar refractivity (Wildman–Crippen MR) is 146 cm³/mol. The molecule has 0 aliphatic carbocycles. The SMILES string of the molecule is C[C@@H]1C[C@@H](C)CN(c2cc(N3CCCC3)nc(NC(=S)NCc3ccc(-c4ccccc4)o3)n2)C1. The molecular weight excluding hydrogens is 456 g/mol. The number of hydrogen-bond donors (Lipinski definition) is 2. The lowest BCUT2D eigenvalue weighted by molar-refractivity contribution is 0.355. The molecular formula is C27H34N6OS. The van der Waals surface area contributed by atoms with Gasteiger partial charge in [-0.2, -0.15) is 9.97 Å². The molecule has 2 N–H and O–H groups in total. The van der Waals surface area contributed by atoms with E-state index in [0.29, 0.717) is 29.4 Å². The number of nitrogens with zero attached hydrogens (tertiary/aromatic N) is 4. The number of furan rings is 1. The van der Waals surface area contributed by atoms with Gasteiger partial charge in [0.05, 0.1) is 6.54 Å². The van der Waals surface area contributed by atoms with Gasteiger partial charge in [0.1, 0.15) is 23.2 Å². The summed E-state index contributed by atoms with van der Waals surface area (Å²) in [5, 5.41) is 6.93. The number of rotatable bonds is 6. The van der Waals surface area contributed by atoms with E-state index in [1.807, 2.05) is 42.5 Å². The minimum Gasteiger partial charge on any atom is -0.459 e. The van der Waals surface area contributed by atoms with Crippen molar-refractivity contribution in [2.75, 3.05) is 41.3 Å². The Morgan fingerprint density at radius 1 is 0.971 bits per heavy atom. The monoisotopic (exact) mass is 490 g/mol. The standard InChI is InChI=1S/C27H34N6OS/c1-19-14-20(2)18-33(17-19)25-15-24(32-12-6-7-13-32)29-26(30-25)31-27(35)28-16-22-10-11-23(34-22)21-8-4-3-5-9-21/h3-5,8-11,15,19-20H,6-7,12-14,16-18H2,1-2H3,(H2,28,29,30,31,35)/t19-,20-/m1/s1. The van der Waals surface area contributed by atoms with Crippen LogP contribution in [0.25, 0.3) is 11.3 Å². The van der Waals surface area contributed by atoms with Gasteiger partial charge in [-0.25, -0.2) is 0 Å². The normalized spacial score (nSPS) is 20.2. The molecule has 3 aromatic rings. The number of nitrogens with one attached hydrogen (secondary N) is 2. The van der Waals surface area contributed by atoms with Gasteiger partial charge in [-0.15, -0.1) is 0 Å². The van der Waals surface area contributed by atoms with Crippen LogP contribution in [0.2, 0.25) is 0 Å². The number of piperidine rings is 1. The van der Waals surface area contributed by atoms with Gasteiger partial charge < -0.3 is 24.9 Å². The lowest BCUT2D eigenvalue weighted by Gasteiger charge is -2.36. The van der Waals surface area contributed by atoms with Crippen molar-refractivity contribution in [2.45, 2.75) is 39.7 Å². The molecule has 1 aromatic carbocycles. The summed E-state index contributed by atoms with van der Waals surface area (Å²) in [6, 6.07) is 16.2. The third kappa shape index (κ3) is 5.93. The summed E-state index contributed by atoms with van der Waals surface area (Å²) in [5.41, 5.74) is 1.06. The van der Waals surface area contributed by atoms with Crippen LogP contribution in [-0.4, -0.2) is 41.3 Å². The second-order valence-corrected chi connectivity index (χ2v) is 10.3. The fraction of sp³-hybridized carbons (Fsp3) is 0.444. The Morgan fingerprint density at radius 2 is 1.66 bits per heavy atom. The Labute approximate surface area is 212 Å². The van der Waals surface area contributed by atoms with E-state index in [-0.39, 0.29) is 0 Å². The molecule has 5 rings (SSSR count). The molecule has 35 heavy (non-hydrogen) atoms. The summed E-state index contributed by atoms with van der Waals surface area (Å²) in [7, 11) is 0. The number of hydrogen-bond acceptors (Lipinski definition) is 6. The highest BCUT2D eigenvalue weighted by Gasteiger charge is 2.25. The van der Waals surface area contributed by atoms with Crippen LogP contribution in [0.3, 0.4) is 0 Å². The predicted octanol–water partition coefficient (Wildman–Crippen LogP) is 5.31. The number of aromatic nitrogens is 2. The molecule has 2 aliphatic heterocycles. The van der Waals surface area contributed by atoms with Crippen LogP contribution in [0.4, 0.5) is 17.6 Å². The second kappa shape index (κ2) is 10.6. The summed E-state index contributed by atoms with van der Waals surface area (Å²) in [5.74, 6) is 5.45. The van der Waals surface area contributed by atoms with Gasteiger partial charge in [-0.3, -0.25) is 0 Å². The van der Waals surface area contributed by atoms with Gasteiger partial charge in [-0.05, 0) is 55.4 Å². The van der Waals surface area contributed by atoms with Crippen LogP contribution < -0.4 is 20.4 Å². The average molecular weight is 491 g/mol. The summed E-state index contributed by atoms with van der Waals surface area (Å²) in [6.07, 6.45) is 3.67. The van der Waals surface area contributed by atoms with Crippen LogP contribution >= 0.6 is 12.2 Å². The zero-order valence-corrected chi connectivity index (χ0v) is 21.4. The van der Waals surface area contributed by atoms with E-state index in [1.54, 1.807) is 0 Å². The van der Waals surface area contributed by atoms with E-state index in [1.165, 1.54) is 19.3 Å². The molecule has 0 amide bonds. The maximum atomic E-state index is 5.98. The van der Waals surface area contributed by atoms with Crippen molar-refractivity contribution in [3.8, 4) is 11.3 Å². The van der Waals surface area contributed by atoms with E-state index in [9.17, 15) is 0 Å². The Hall–Kier alpha value is -3.13. The molecule has 0 radical (unpaired) electrons. The molecule has 8 heteroatoms. The van der Waals surface area contributed by atoms with Crippen LogP contribution in [0.15, 0.2) is 52.9 Å². The molecule has 0 bridgehead atoms. The average Bonchev–Trinajstić information content (AvgIpc) is 3.55. The third-order valence-corrected chi connectivity index (χ3v) is 6.94. The molecule has 2 aromatic heterocycles. The van der Waals surface area contributed by atoms with Crippen LogP contribution in [0.1, 0.15) is 38.9 Å². The van der Waals surface area contributed by atoms with Crippen molar-refractivity contribution >= 4 is 34.9 Å². The fourth-order valence-electron chi connectivity index (χ4n) is 5.14. The second-order valence-electron chi connectivity index (χ2n) is 9.89. The van der Waals surface area contributed by atoms with Gasteiger partial charge in [-0.1, -0.05) is 44.2 Å². The Balaban J connectivity index is 1.27. The fourth-order valence-corrected chi connectivity index (χ4v) is 5.31. The first kappa shape index (κ1) is 23.6. The molecule has 0 saturated carbocycles. The van der Waals surface area contributed by atoms with E-state index < -0.39 is 0 Å². The van der Waals surface area contributed by atoms with E-state index in [0.717, 1.165) is 54.9 Å². The van der Waals surface area contributed by atoms with Crippen molar-refractivity contribution < 1.29 is 4.42 Å². The van der Waals surface area contributed by atoms with Crippen molar-refractivity contribution in [3.05, 3.63) is 54.3 Å². The van der Waals surface area contributed by atoms with E-state index in [4.69, 9.17) is 26.6 Å². The highest BCUT2D eigenvalue weighted by Crippen LogP contribution is 2.29. The highest BCUT2D eigenvalue weighted by molar-refractivity contribution is 7.80. The topological polar surface area (TPSA) is 69.5 Å². The summed E-state index contributed by atoms with van der Waals surface area (Å²) in [4.78, 5) is 14.4. The zero-order valence-electron chi connectivity index (χ0n) is 20.5.